The van der Waals surface area contributed by atoms with Crippen LogP contribution in [0, 0.1) is 0 Å². The number of Topliss-reactive ketones (excluding diaryl/α,β-unsaturated/α-hetero) is 1. The number of carbonyl (C=O) groups is 4. The quantitative estimate of drug-likeness (QED) is 0.388. The zero-order valence-electron chi connectivity index (χ0n) is 14.6. The van der Waals surface area contributed by atoms with Crippen molar-refractivity contribution in [3.63, 3.8) is 0 Å². The maximum Gasteiger partial charge on any atom is 0.336 e. The average Bonchev–Trinajstić information content (AvgIpc) is 2.57. The molecule has 0 aliphatic rings. The van der Waals surface area contributed by atoms with Gasteiger partial charge in [-0.05, 0) is 32.9 Å². The highest BCUT2D eigenvalue weighted by atomic mass is 16.6. The van der Waals surface area contributed by atoms with E-state index in [4.69, 9.17) is 19.7 Å². The molecule has 2 unspecified atom stereocenters. The van der Waals surface area contributed by atoms with Crippen LogP contribution < -0.4 is 0 Å². The van der Waals surface area contributed by atoms with Gasteiger partial charge in [-0.2, -0.15) is 0 Å². The van der Waals surface area contributed by atoms with Gasteiger partial charge in [-0.3, -0.25) is 4.79 Å². The Morgan fingerprint density at radius 2 is 1.65 bits per heavy atom. The van der Waals surface area contributed by atoms with Crippen molar-refractivity contribution in [1.82, 2.24) is 0 Å². The maximum atomic E-state index is 12.4. The first kappa shape index (κ1) is 21.0. The fraction of sp³-hybridized carbons (Fsp3) is 0.333. The van der Waals surface area contributed by atoms with Gasteiger partial charge in [0.05, 0.1) is 17.7 Å². The third-order valence-electron chi connectivity index (χ3n) is 3.37. The number of aromatic carboxylic acids is 2. The Balaban J connectivity index is 2.81. The highest BCUT2D eigenvalue weighted by Gasteiger charge is 2.22. The molecule has 140 valence electrons. The maximum absolute atomic E-state index is 12.4. The van der Waals surface area contributed by atoms with Gasteiger partial charge in [0.15, 0.2) is 5.78 Å². The van der Waals surface area contributed by atoms with Crippen LogP contribution in [-0.4, -0.2) is 52.7 Å². The summed E-state index contributed by atoms with van der Waals surface area (Å²) >= 11 is 0. The van der Waals surface area contributed by atoms with Crippen LogP contribution >= 0.6 is 0 Å². The van der Waals surface area contributed by atoms with Crippen molar-refractivity contribution < 1.29 is 38.9 Å². The lowest BCUT2D eigenvalue weighted by Crippen LogP contribution is -2.28. The standard InChI is InChI=1S/C18H20O8/c1-9(2)18(24)26-10(3)8-25-11(4)15(19)12-5-6-13(16(20)21)14(7-12)17(22)23/h5-7,10-11H,1,8H2,2-4H3,(H,20,21)(H,22,23). The van der Waals surface area contributed by atoms with Crippen LogP contribution in [-0.2, 0) is 14.3 Å². The van der Waals surface area contributed by atoms with Crippen LogP contribution in [0.1, 0.15) is 51.8 Å². The van der Waals surface area contributed by atoms with E-state index in [2.05, 4.69) is 6.58 Å². The second-order valence-corrected chi connectivity index (χ2v) is 5.71. The number of esters is 1. The van der Waals surface area contributed by atoms with Gasteiger partial charge in [0.25, 0.3) is 0 Å². The molecule has 1 aromatic rings. The molecule has 0 heterocycles. The lowest BCUT2D eigenvalue weighted by atomic mass is 10.00. The summed E-state index contributed by atoms with van der Waals surface area (Å²) in [5, 5.41) is 18.1. The van der Waals surface area contributed by atoms with Crippen molar-refractivity contribution >= 4 is 23.7 Å². The van der Waals surface area contributed by atoms with Crippen molar-refractivity contribution in [2.45, 2.75) is 33.0 Å². The summed E-state index contributed by atoms with van der Waals surface area (Å²) in [6.07, 6.45) is -1.56. The highest BCUT2D eigenvalue weighted by Crippen LogP contribution is 2.15. The molecule has 0 bridgehead atoms. The number of hydrogen-bond acceptors (Lipinski definition) is 6. The van der Waals surface area contributed by atoms with Gasteiger partial charge in [-0.15, -0.1) is 0 Å². The second-order valence-electron chi connectivity index (χ2n) is 5.71. The Labute approximate surface area is 150 Å². The van der Waals surface area contributed by atoms with Gasteiger partial charge >= 0.3 is 17.9 Å². The fourth-order valence-electron chi connectivity index (χ4n) is 1.97. The molecule has 26 heavy (non-hydrogen) atoms. The van der Waals surface area contributed by atoms with E-state index >= 15 is 0 Å². The minimum atomic E-state index is -1.45. The monoisotopic (exact) mass is 364 g/mol. The molecule has 0 aliphatic carbocycles. The van der Waals surface area contributed by atoms with Gasteiger partial charge in [-0.25, -0.2) is 14.4 Å². The van der Waals surface area contributed by atoms with Gasteiger partial charge in [0.1, 0.15) is 12.2 Å². The van der Waals surface area contributed by atoms with E-state index in [1.807, 2.05) is 0 Å². The van der Waals surface area contributed by atoms with Gasteiger partial charge in [0, 0.05) is 11.1 Å². The second kappa shape index (κ2) is 8.91. The van der Waals surface area contributed by atoms with Crippen LogP contribution in [0.3, 0.4) is 0 Å². The first-order valence-corrected chi connectivity index (χ1v) is 7.67. The normalized spacial score (nSPS) is 12.7. The number of rotatable bonds is 9. The largest absolute Gasteiger partial charge is 0.478 e. The number of ether oxygens (including phenoxy) is 2. The zero-order valence-corrected chi connectivity index (χ0v) is 14.6. The molecule has 0 spiro atoms. The number of hydrogen-bond donors (Lipinski definition) is 2. The van der Waals surface area contributed by atoms with Crippen LogP contribution in [0.2, 0.25) is 0 Å². The highest BCUT2D eigenvalue weighted by molar-refractivity contribution is 6.06. The zero-order chi connectivity index (χ0) is 20.0. The molecule has 0 aromatic heterocycles. The lowest BCUT2D eigenvalue weighted by Gasteiger charge is -2.17. The number of carboxylic acids is 2. The van der Waals surface area contributed by atoms with E-state index in [1.54, 1.807) is 6.92 Å². The molecule has 0 amide bonds. The summed E-state index contributed by atoms with van der Waals surface area (Å²) in [5.74, 6) is -3.96. The molecule has 0 fully saturated rings. The van der Waals surface area contributed by atoms with E-state index in [-0.39, 0.29) is 17.7 Å². The SMILES string of the molecule is C=C(C)C(=O)OC(C)COC(C)C(=O)c1ccc(C(=O)O)c(C(=O)O)c1. The summed E-state index contributed by atoms with van der Waals surface area (Å²) < 4.78 is 10.4. The smallest absolute Gasteiger partial charge is 0.336 e. The van der Waals surface area contributed by atoms with Crippen LogP contribution in [0.4, 0.5) is 0 Å². The number of ketones is 1. The molecule has 0 radical (unpaired) electrons. The molecular formula is C18H20O8. The lowest BCUT2D eigenvalue weighted by molar-refractivity contribution is -0.146. The van der Waals surface area contributed by atoms with E-state index < -0.39 is 47.0 Å². The molecule has 2 N–H and O–H groups in total. The molecule has 0 saturated carbocycles. The molecule has 1 aromatic carbocycles. The van der Waals surface area contributed by atoms with Crippen LogP contribution in [0.15, 0.2) is 30.4 Å². The van der Waals surface area contributed by atoms with E-state index in [0.29, 0.717) is 0 Å². The Bertz CT molecular complexity index is 750. The molecule has 8 heteroatoms. The third-order valence-corrected chi connectivity index (χ3v) is 3.37. The fourth-order valence-corrected chi connectivity index (χ4v) is 1.97. The van der Waals surface area contributed by atoms with E-state index in [0.717, 1.165) is 12.1 Å². The summed E-state index contributed by atoms with van der Waals surface area (Å²) in [4.78, 5) is 46.0. The molecule has 1 rings (SSSR count). The minimum Gasteiger partial charge on any atom is -0.478 e. The van der Waals surface area contributed by atoms with E-state index in [1.165, 1.54) is 19.9 Å². The van der Waals surface area contributed by atoms with E-state index in [9.17, 15) is 19.2 Å². The van der Waals surface area contributed by atoms with Gasteiger partial charge < -0.3 is 19.7 Å². The van der Waals surface area contributed by atoms with Crippen LogP contribution in [0.25, 0.3) is 0 Å². The molecule has 8 nitrogen and oxygen atoms in total. The van der Waals surface area contributed by atoms with Crippen molar-refractivity contribution in [2.24, 2.45) is 0 Å². The van der Waals surface area contributed by atoms with Gasteiger partial charge in [0.2, 0.25) is 0 Å². The summed E-state index contributed by atoms with van der Waals surface area (Å²) in [6.45, 7) is 7.95. The number of carbonyl (C=O) groups excluding carboxylic acids is 2. The first-order valence-electron chi connectivity index (χ1n) is 7.67. The molecular weight excluding hydrogens is 344 g/mol. The topological polar surface area (TPSA) is 127 Å². The predicted octanol–water partition coefficient (Wildman–Crippen LogP) is 2.18. The van der Waals surface area contributed by atoms with Crippen molar-refractivity contribution in [3.05, 3.63) is 47.0 Å². The molecule has 0 aliphatic heterocycles. The first-order chi connectivity index (χ1) is 12.0. The van der Waals surface area contributed by atoms with Crippen molar-refractivity contribution in [3.8, 4) is 0 Å². The number of benzene rings is 1. The summed E-state index contributed by atoms with van der Waals surface area (Å²) in [7, 11) is 0. The predicted molar refractivity (Wildman–Crippen MR) is 90.5 cm³/mol. The Morgan fingerprint density at radius 3 is 2.15 bits per heavy atom. The van der Waals surface area contributed by atoms with Crippen molar-refractivity contribution in [2.75, 3.05) is 6.61 Å². The minimum absolute atomic E-state index is 0.00600. The van der Waals surface area contributed by atoms with Crippen LogP contribution in [0.5, 0.6) is 0 Å². The molecule has 0 saturated heterocycles. The summed E-state index contributed by atoms with van der Waals surface area (Å²) in [6, 6.07) is 3.28. The molecule has 2 atom stereocenters. The Hall–Kier alpha value is -3.00. The Kier molecular flexibility index (Phi) is 7.21. The number of carboxylic acid groups (broad SMARTS) is 2. The van der Waals surface area contributed by atoms with Crippen molar-refractivity contribution in [1.29, 1.82) is 0 Å². The Morgan fingerprint density at radius 1 is 1.08 bits per heavy atom. The average molecular weight is 364 g/mol. The van der Waals surface area contributed by atoms with Gasteiger partial charge in [-0.1, -0.05) is 12.6 Å². The third kappa shape index (κ3) is 5.52. The summed E-state index contributed by atoms with van der Waals surface area (Å²) in [5.41, 5.74) is -0.658.